The van der Waals surface area contributed by atoms with Crippen molar-refractivity contribution in [3.63, 3.8) is 0 Å². The van der Waals surface area contributed by atoms with Crippen molar-refractivity contribution in [2.24, 2.45) is 5.92 Å². The van der Waals surface area contributed by atoms with Crippen LogP contribution in [0.25, 0.3) is 0 Å². The summed E-state index contributed by atoms with van der Waals surface area (Å²) in [5.74, 6) is -1.12. The summed E-state index contributed by atoms with van der Waals surface area (Å²) in [7, 11) is 1.34. The van der Waals surface area contributed by atoms with E-state index in [-0.39, 0.29) is 5.78 Å². The highest BCUT2D eigenvalue weighted by Gasteiger charge is 2.38. The number of unbranched alkanes of at least 4 members (excludes halogenated alkanes) is 7. The van der Waals surface area contributed by atoms with Crippen LogP contribution in [0.4, 0.5) is 0 Å². The largest absolute Gasteiger partial charge is 0.468 e. The molecule has 2 atom stereocenters. The zero-order valence-corrected chi connectivity index (χ0v) is 16.3. The van der Waals surface area contributed by atoms with Crippen LogP contribution in [0.15, 0.2) is 0 Å². The number of alkyl halides is 1. The van der Waals surface area contributed by atoms with E-state index in [0.29, 0.717) is 6.42 Å². The standard InChI is InChI=1S/C18H33BrO3/c1-5-7-8-9-10-11-12-13-14-18(3,19)16(20)15(6-2)17(21)22-4/h15H,5-14H2,1-4H3/t15-,18+/m1/s1. The van der Waals surface area contributed by atoms with Crippen molar-refractivity contribution >= 4 is 27.7 Å². The smallest absolute Gasteiger partial charge is 0.316 e. The monoisotopic (exact) mass is 376 g/mol. The van der Waals surface area contributed by atoms with Gasteiger partial charge < -0.3 is 4.74 Å². The minimum Gasteiger partial charge on any atom is -0.468 e. The molecule has 0 aliphatic rings. The number of rotatable bonds is 13. The first-order valence-electron chi connectivity index (χ1n) is 8.71. The molecule has 0 unspecified atom stereocenters. The molecule has 0 aliphatic carbocycles. The molecule has 0 saturated heterocycles. The number of hydrogen-bond acceptors (Lipinski definition) is 3. The van der Waals surface area contributed by atoms with Crippen LogP contribution in [0.3, 0.4) is 0 Å². The van der Waals surface area contributed by atoms with Crippen molar-refractivity contribution in [2.45, 2.75) is 89.3 Å². The van der Waals surface area contributed by atoms with Gasteiger partial charge in [-0.25, -0.2) is 0 Å². The maximum atomic E-state index is 12.5. The number of hydrogen-bond donors (Lipinski definition) is 0. The molecule has 130 valence electrons. The average molecular weight is 377 g/mol. The molecule has 0 aromatic carbocycles. The van der Waals surface area contributed by atoms with E-state index in [4.69, 9.17) is 4.74 Å². The topological polar surface area (TPSA) is 43.4 Å². The number of halogens is 1. The Hall–Kier alpha value is -0.380. The summed E-state index contributed by atoms with van der Waals surface area (Å²) < 4.78 is 4.11. The summed E-state index contributed by atoms with van der Waals surface area (Å²) in [5, 5.41) is 0. The number of carbonyl (C=O) groups excluding carboxylic acids is 2. The number of carbonyl (C=O) groups is 2. The lowest BCUT2D eigenvalue weighted by Crippen LogP contribution is -2.38. The molecule has 0 bridgehead atoms. The number of methoxy groups -OCH3 is 1. The number of ether oxygens (including phenoxy) is 1. The predicted octanol–water partition coefficient (Wildman–Crippen LogP) is 5.44. The van der Waals surface area contributed by atoms with Crippen LogP contribution < -0.4 is 0 Å². The van der Waals surface area contributed by atoms with E-state index in [9.17, 15) is 9.59 Å². The minimum absolute atomic E-state index is 0.0511. The highest BCUT2D eigenvalue weighted by Crippen LogP contribution is 2.30. The lowest BCUT2D eigenvalue weighted by molar-refractivity contribution is -0.150. The molecule has 4 heteroatoms. The first-order valence-corrected chi connectivity index (χ1v) is 9.51. The number of ketones is 1. The number of esters is 1. The Labute approximate surface area is 144 Å². The van der Waals surface area contributed by atoms with Gasteiger partial charge in [-0.3, -0.25) is 9.59 Å². The molecule has 22 heavy (non-hydrogen) atoms. The third-order valence-corrected chi connectivity index (χ3v) is 5.01. The molecule has 0 rings (SSSR count). The first-order chi connectivity index (χ1) is 10.4. The van der Waals surface area contributed by atoms with Crippen molar-refractivity contribution in [1.82, 2.24) is 0 Å². The predicted molar refractivity (Wildman–Crippen MR) is 95.4 cm³/mol. The van der Waals surface area contributed by atoms with Crippen molar-refractivity contribution < 1.29 is 14.3 Å². The van der Waals surface area contributed by atoms with Crippen LogP contribution in [0, 0.1) is 5.92 Å². The summed E-state index contributed by atoms with van der Waals surface area (Å²) in [6.45, 7) is 5.95. The fourth-order valence-corrected chi connectivity index (χ4v) is 3.24. The van der Waals surface area contributed by atoms with Gasteiger partial charge in [-0.15, -0.1) is 0 Å². The molecule has 0 spiro atoms. The molecular formula is C18H33BrO3. The molecule has 0 aromatic heterocycles. The van der Waals surface area contributed by atoms with Gasteiger partial charge in [0.15, 0.2) is 5.78 Å². The van der Waals surface area contributed by atoms with Gasteiger partial charge in [-0.1, -0.05) is 81.1 Å². The lowest BCUT2D eigenvalue weighted by atomic mass is 9.88. The molecule has 0 fully saturated rings. The van der Waals surface area contributed by atoms with Gasteiger partial charge in [0, 0.05) is 0 Å². The highest BCUT2D eigenvalue weighted by molar-refractivity contribution is 9.10. The zero-order valence-electron chi connectivity index (χ0n) is 14.8. The molecule has 0 radical (unpaired) electrons. The minimum atomic E-state index is -0.650. The Morgan fingerprint density at radius 1 is 1.00 bits per heavy atom. The van der Waals surface area contributed by atoms with Gasteiger partial charge >= 0.3 is 5.97 Å². The van der Waals surface area contributed by atoms with Crippen LogP contribution in [0.5, 0.6) is 0 Å². The Morgan fingerprint density at radius 3 is 1.95 bits per heavy atom. The van der Waals surface area contributed by atoms with Gasteiger partial charge in [-0.2, -0.15) is 0 Å². The normalized spacial score (nSPS) is 15.1. The second-order valence-corrected chi connectivity index (χ2v) is 8.02. The van der Waals surface area contributed by atoms with Crippen molar-refractivity contribution in [1.29, 1.82) is 0 Å². The van der Waals surface area contributed by atoms with E-state index < -0.39 is 16.2 Å². The van der Waals surface area contributed by atoms with Crippen LogP contribution in [-0.2, 0) is 14.3 Å². The first kappa shape index (κ1) is 21.6. The quantitative estimate of drug-likeness (QED) is 0.186. The summed E-state index contributed by atoms with van der Waals surface area (Å²) in [6, 6.07) is 0. The van der Waals surface area contributed by atoms with Crippen molar-refractivity contribution in [3.05, 3.63) is 0 Å². The molecule has 0 amide bonds. The van der Waals surface area contributed by atoms with Crippen LogP contribution in [0.2, 0.25) is 0 Å². The van der Waals surface area contributed by atoms with Gasteiger partial charge in [0.1, 0.15) is 5.92 Å². The molecule has 0 aromatic rings. The highest BCUT2D eigenvalue weighted by atomic mass is 79.9. The maximum Gasteiger partial charge on any atom is 0.316 e. The third-order valence-electron chi connectivity index (χ3n) is 4.22. The second kappa shape index (κ2) is 12.1. The van der Waals surface area contributed by atoms with Crippen LogP contribution >= 0.6 is 15.9 Å². The maximum absolute atomic E-state index is 12.5. The van der Waals surface area contributed by atoms with E-state index in [1.54, 1.807) is 0 Å². The van der Waals surface area contributed by atoms with Gasteiger partial charge in [0.05, 0.1) is 11.4 Å². The van der Waals surface area contributed by atoms with E-state index in [0.717, 1.165) is 19.3 Å². The summed E-state index contributed by atoms with van der Waals surface area (Å²) in [6.07, 6.45) is 11.2. The number of Topliss-reactive ketones (excluding diaryl/α,β-unsaturated/α-hetero) is 1. The zero-order chi connectivity index (χ0) is 17.0. The fourth-order valence-electron chi connectivity index (χ4n) is 2.68. The molecule has 0 heterocycles. The van der Waals surface area contributed by atoms with E-state index >= 15 is 0 Å². The van der Waals surface area contributed by atoms with Crippen LogP contribution in [-0.4, -0.2) is 23.2 Å². The van der Waals surface area contributed by atoms with E-state index in [1.807, 2.05) is 13.8 Å². The van der Waals surface area contributed by atoms with Gasteiger partial charge in [0.2, 0.25) is 0 Å². The Bertz CT molecular complexity index is 326. The van der Waals surface area contributed by atoms with Gasteiger partial charge in [0.25, 0.3) is 0 Å². The SMILES string of the molecule is CCCCCCCCCC[C@](C)(Br)C(=O)[C@@H](CC)C(=O)OC. The lowest BCUT2D eigenvalue weighted by Gasteiger charge is -2.25. The van der Waals surface area contributed by atoms with E-state index in [1.165, 1.54) is 45.6 Å². The third kappa shape index (κ3) is 8.30. The fraction of sp³-hybridized carbons (Fsp3) is 0.889. The molecule has 3 nitrogen and oxygen atoms in total. The summed E-state index contributed by atoms with van der Waals surface area (Å²) in [4.78, 5) is 24.2. The molecule has 0 aliphatic heterocycles. The molecular weight excluding hydrogens is 344 g/mol. The van der Waals surface area contributed by atoms with Crippen molar-refractivity contribution in [2.75, 3.05) is 7.11 Å². The average Bonchev–Trinajstić information content (AvgIpc) is 2.50. The molecule has 0 N–H and O–H groups in total. The van der Waals surface area contributed by atoms with Gasteiger partial charge in [-0.05, 0) is 19.8 Å². The molecule has 0 saturated carbocycles. The Kier molecular flexibility index (Phi) is 11.9. The van der Waals surface area contributed by atoms with Crippen LogP contribution in [0.1, 0.15) is 85.0 Å². The Balaban J connectivity index is 4.07. The Morgan fingerprint density at radius 2 is 1.50 bits per heavy atom. The second-order valence-electron chi connectivity index (χ2n) is 6.27. The summed E-state index contributed by atoms with van der Waals surface area (Å²) >= 11 is 3.53. The van der Waals surface area contributed by atoms with Crippen molar-refractivity contribution in [3.8, 4) is 0 Å². The summed E-state index contributed by atoms with van der Waals surface area (Å²) in [5.41, 5.74) is 0. The van der Waals surface area contributed by atoms with E-state index in [2.05, 4.69) is 22.9 Å².